The minimum Gasteiger partial charge on any atom is -0.515 e. The maximum atomic E-state index is 10.9. The third kappa shape index (κ3) is 7.26. The Morgan fingerprint density at radius 3 is 2.56 bits per heavy atom. The lowest BCUT2D eigenvalue weighted by molar-refractivity contribution is -0.110. The van der Waals surface area contributed by atoms with Crippen molar-refractivity contribution in [2.24, 2.45) is 0 Å². The second kappa shape index (κ2) is 9.40. The lowest BCUT2D eigenvalue weighted by Crippen LogP contribution is -1.83. The normalized spacial score (nSPS) is 12.6. The Morgan fingerprint density at radius 1 is 1.25 bits per heavy atom. The summed E-state index contributed by atoms with van der Waals surface area (Å²) in [6.07, 6.45) is 12.4. The molecule has 0 bridgehead atoms. The highest BCUT2D eigenvalue weighted by atomic mass is 16.2. The summed E-state index contributed by atoms with van der Waals surface area (Å²) in [5, 5.41) is 8.31. The zero-order chi connectivity index (χ0) is 12.2. The highest BCUT2D eigenvalue weighted by molar-refractivity contribution is 5.98. The summed E-state index contributed by atoms with van der Waals surface area (Å²) in [6.45, 7) is 3.59. The Balaban J connectivity index is 4.24. The minimum absolute atomic E-state index is 0.278. The molecule has 0 aliphatic rings. The Labute approximate surface area is 94.8 Å². The van der Waals surface area contributed by atoms with Crippen LogP contribution in [0, 0.1) is 0 Å². The van der Waals surface area contributed by atoms with Gasteiger partial charge in [-0.05, 0) is 24.1 Å². The topological polar surface area (TPSA) is 54.4 Å². The molecular weight excluding hydrogens is 204 g/mol. The van der Waals surface area contributed by atoms with Gasteiger partial charge in [0.05, 0.1) is 6.26 Å². The molecule has 3 heteroatoms. The first-order chi connectivity index (χ1) is 7.74. The molecule has 0 fully saturated rings. The number of rotatable bonds is 7. The van der Waals surface area contributed by atoms with Gasteiger partial charge in [0.1, 0.15) is 6.29 Å². The van der Waals surface area contributed by atoms with Crippen LogP contribution in [-0.2, 0) is 9.59 Å². The molecular formula is C13H14O3. The highest BCUT2D eigenvalue weighted by Gasteiger charge is 1.86. The van der Waals surface area contributed by atoms with Crippen LogP contribution in [-0.4, -0.2) is 17.2 Å². The first-order valence-electron chi connectivity index (χ1n) is 4.70. The molecule has 0 amide bonds. The fourth-order valence-corrected chi connectivity index (χ4v) is 0.887. The fourth-order valence-electron chi connectivity index (χ4n) is 0.887. The summed E-state index contributed by atoms with van der Waals surface area (Å²) in [5.74, 6) is -0.278. The maximum absolute atomic E-state index is 10.9. The van der Waals surface area contributed by atoms with Crippen LogP contribution in [0.15, 0.2) is 60.9 Å². The molecule has 3 nitrogen and oxygen atoms in total. The fraction of sp³-hybridized carbons (Fsp3) is 0.0769. The Morgan fingerprint density at radius 2 is 2.00 bits per heavy atom. The molecule has 0 aromatic carbocycles. The van der Waals surface area contributed by atoms with Gasteiger partial charge in [0.25, 0.3) is 0 Å². The summed E-state index contributed by atoms with van der Waals surface area (Å²) in [4.78, 5) is 21.0. The van der Waals surface area contributed by atoms with E-state index in [9.17, 15) is 9.59 Å². The number of carbonyl (C=O) groups is 2. The Kier molecular flexibility index (Phi) is 8.13. The predicted molar refractivity (Wildman–Crippen MR) is 64.0 cm³/mol. The molecule has 0 spiro atoms. The molecule has 0 atom stereocenters. The summed E-state index contributed by atoms with van der Waals surface area (Å²) in [5.41, 5.74) is 0.807. The van der Waals surface area contributed by atoms with Crippen molar-refractivity contribution in [2.75, 3.05) is 0 Å². The summed E-state index contributed by atoms with van der Waals surface area (Å²) in [6, 6.07) is 0. The van der Waals surface area contributed by atoms with E-state index in [1.54, 1.807) is 18.2 Å². The first kappa shape index (κ1) is 13.8. The quantitative estimate of drug-likeness (QED) is 0.309. The number of ketones is 1. The second-order valence-electron chi connectivity index (χ2n) is 2.76. The molecule has 0 heterocycles. The zero-order valence-electron chi connectivity index (χ0n) is 8.87. The molecule has 0 rings (SSSR count). The standard InChI is InChI=1S/C13H14O3/c1-2-12(7-5-10-14)6-3-4-8-13(16)9-11-15/h2,4-11,15H,1,3H2/b7-5+,8-4-,11-9?,12-6+. The second-order valence-corrected chi connectivity index (χ2v) is 2.76. The lowest BCUT2D eigenvalue weighted by Gasteiger charge is -1.90. The van der Waals surface area contributed by atoms with Crippen molar-refractivity contribution in [2.45, 2.75) is 6.42 Å². The summed E-state index contributed by atoms with van der Waals surface area (Å²) >= 11 is 0. The summed E-state index contributed by atoms with van der Waals surface area (Å²) < 4.78 is 0. The molecule has 0 aliphatic carbocycles. The van der Waals surface area contributed by atoms with E-state index >= 15 is 0 Å². The van der Waals surface area contributed by atoms with E-state index in [0.717, 1.165) is 11.6 Å². The molecule has 0 radical (unpaired) electrons. The molecule has 0 saturated heterocycles. The molecule has 0 unspecified atom stereocenters. The van der Waals surface area contributed by atoms with E-state index in [0.29, 0.717) is 19.0 Å². The van der Waals surface area contributed by atoms with Gasteiger partial charge in [-0.15, -0.1) is 0 Å². The molecule has 84 valence electrons. The van der Waals surface area contributed by atoms with Crippen LogP contribution in [0.4, 0.5) is 0 Å². The SMILES string of the molecule is C=CC(/C=C/C=O)=C\C/C=C\C(=O)C=CO. The van der Waals surface area contributed by atoms with Crippen molar-refractivity contribution < 1.29 is 14.7 Å². The largest absolute Gasteiger partial charge is 0.515 e. The monoisotopic (exact) mass is 218 g/mol. The van der Waals surface area contributed by atoms with E-state index < -0.39 is 0 Å². The van der Waals surface area contributed by atoms with Gasteiger partial charge in [-0.2, -0.15) is 0 Å². The van der Waals surface area contributed by atoms with Crippen LogP contribution in [0.3, 0.4) is 0 Å². The van der Waals surface area contributed by atoms with Crippen molar-refractivity contribution in [1.82, 2.24) is 0 Å². The van der Waals surface area contributed by atoms with Gasteiger partial charge in [-0.3, -0.25) is 9.59 Å². The molecule has 0 aromatic heterocycles. The third-order valence-electron chi connectivity index (χ3n) is 1.61. The van der Waals surface area contributed by atoms with Crippen LogP contribution in [0.5, 0.6) is 0 Å². The van der Waals surface area contributed by atoms with Crippen LogP contribution >= 0.6 is 0 Å². The van der Waals surface area contributed by atoms with Gasteiger partial charge in [0.15, 0.2) is 5.78 Å². The average Bonchev–Trinajstić information content (AvgIpc) is 2.28. The zero-order valence-corrected chi connectivity index (χ0v) is 8.87. The molecule has 16 heavy (non-hydrogen) atoms. The first-order valence-corrected chi connectivity index (χ1v) is 4.70. The predicted octanol–water partition coefficient (Wildman–Crippen LogP) is 2.44. The number of aldehydes is 1. The van der Waals surface area contributed by atoms with Crippen molar-refractivity contribution in [3.63, 3.8) is 0 Å². The van der Waals surface area contributed by atoms with Crippen molar-refractivity contribution in [3.8, 4) is 0 Å². The van der Waals surface area contributed by atoms with E-state index in [4.69, 9.17) is 5.11 Å². The van der Waals surface area contributed by atoms with Crippen LogP contribution < -0.4 is 0 Å². The van der Waals surface area contributed by atoms with E-state index in [-0.39, 0.29) is 5.78 Å². The number of aliphatic hydroxyl groups is 1. The number of carbonyl (C=O) groups excluding carboxylic acids is 2. The van der Waals surface area contributed by atoms with Gasteiger partial charge in [-0.25, -0.2) is 0 Å². The van der Waals surface area contributed by atoms with Crippen molar-refractivity contribution >= 4 is 12.1 Å². The molecule has 1 N–H and O–H groups in total. The van der Waals surface area contributed by atoms with Crippen LogP contribution in [0.25, 0.3) is 0 Å². The highest BCUT2D eigenvalue weighted by Crippen LogP contribution is 2.00. The average molecular weight is 218 g/mol. The number of hydrogen-bond donors (Lipinski definition) is 1. The Bertz CT molecular complexity index is 357. The van der Waals surface area contributed by atoms with Crippen LogP contribution in [0.2, 0.25) is 0 Å². The van der Waals surface area contributed by atoms with Gasteiger partial charge in [0, 0.05) is 6.08 Å². The van der Waals surface area contributed by atoms with Crippen LogP contribution in [0.1, 0.15) is 6.42 Å². The Hall–Kier alpha value is -2.16. The van der Waals surface area contributed by atoms with Gasteiger partial charge in [-0.1, -0.05) is 30.9 Å². The minimum atomic E-state index is -0.278. The van der Waals surface area contributed by atoms with E-state index in [2.05, 4.69) is 6.58 Å². The molecule has 0 aromatic rings. The number of aliphatic hydroxyl groups excluding tert-OH is 1. The van der Waals surface area contributed by atoms with Gasteiger partial charge >= 0.3 is 0 Å². The maximum Gasteiger partial charge on any atom is 0.181 e. The summed E-state index contributed by atoms with van der Waals surface area (Å²) in [7, 11) is 0. The molecule has 0 saturated carbocycles. The third-order valence-corrected chi connectivity index (χ3v) is 1.61. The number of hydrogen-bond acceptors (Lipinski definition) is 3. The van der Waals surface area contributed by atoms with E-state index in [1.165, 1.54) is 12.2 Å². The van der Waals surface area contributed by atoms with Crippen molar-refractivity contribution in [1.29, 1.82) is 0 Å². The van der Waals surface area contributed by atoms with Crippen molar-refractivity contribution in [3.05, 3.63) is 60.9 Å². The van der Waals surface area contributed by atoms with Gasteiger partial charge < -0.3 is 5.11 Å². The number of allylic oxidation sites excluding steroid dienone is 8. The smallest absolute Gasteiger partial charge is 0.181 e. The van der Waals surface area contributed by atoms with E-state index in [1.807, 2.05) is 6.08 Å². The lowest BCUT2D eigenvalue weighted by atomic mass is 10.2. The molecule has 0 aliphatic heterocycles. The van der Waals surface area contributed by atoms with Gasteiger partial charge in [0.2, 0.25) is 0 Å².